The zero-order valence-electron chi connectivity index (χ0n) is 13.3. The molecule has 118 valence electrons. The molecule has 0 saturated carbocycles. The molecule has 0 aliphatic rings. The van der Waals surface area contributed by atoms with E-state index in [4.69, 9.17) is 0 Å². The van der Waals surface area contributed by atoms with Crippen molar-refractivity contribution in [3.8, 4) is 0 Å². The topological polar surface area (TPSA) is 68.2 Å². The van der Waals surface area contributed by atoms with Gasteiger partial charge in [0, 0.05) is 29.2 Å². The predicted octanol–water partition coefficient (Wildman–Crippen LogP) is 3.82. The first-order valence-electron chi connectivity index (χ1n) is 7.25. The number of methoxy groups -OCH3 is 1. The van der Waals surface area contributed by atoms with E-state index < -0.39 is 6.09 Å². The first-order valence-corrected chi connectivity index (χ1v) is 7.25. The quantitative estimate of drug-likeness (QED) is 0.881. The molecule has 1 atom stereocenters. The molecule has 2 rings (SSSR count). The lowest BCUT2D eigenvalue weighted by Crippen LogP contribution is -2.11. The molecule has 2 aromatic rings. The van der Waals surface area contributed by atoms with Crippen LogP contribution < -0.4 is 10.6 Å². The summed E-state index contributed by atoms with van der Waals surface area (Å²) in [5.41, 5.74) is 2.71. The van der Waals surface area contributed by atoms with Crippen LogP contribution in [0, 0.1) is 0 Å². The number of ether oxygens (including phenoxy) is 1. The number of aromatic nitrogens is 2. The summed E-state index contributed by atoms with van der Waals surface area (Å²) in [5, 5.41) is 10.4. The number of nitrogens with zero attached hydrogens (tertiary/aromatic N) is 2. The van der Waals surface area contributed by atoms with E-state index in [9.17, 15) is 4.79 Å². The second kappa shape index (κ2) is 6.98. The van der Waals surface area contributed by atoms with Gasteiger partial charge in [0.05, 0.1) is 19.3 Å². The van der Waals surface area contributed by atoms with Crippen molar-refractivity contribution in [3.05, 3.63) is 42.2 Å². The van der Waals surface area contributed by atoms with Gasteiger partial charge in [-0.2, -0.15) is 5.10 Å². The van der Waals surface area contributed by atoms with Crippen LogP contribution >= 0.6 is 0 Å². The normalized spacial score (nSPS) is 12.0. The van der Waals surface area contributed by atoms with E-state index in [2.05, 4.69) is 41.2 Å². The van der Waals surface area contributed by atoms with Crippen LogP contribution in [0.3, 0.4) is 0 Å². The van der Waals surface area contributed by atoms with Gasteiger partial charge in [0.1, 0.15) is 0 Å². The number of hydrogen-bond donors (Lipinski definition) is 2. The predicted molar refractivity (Wildman–Crippen MR) is 87.1 cm³/mol. The summed E-state index contributed by atoms with van der Waals surface area (Å²) in [6.45, 7) is 6.26. The van der Waals surface area contributed by atoms with Gasteiger partial charge in [0.2, 0.25) is 0 Å². The molecule has 1 aromatic carbocycles. The summed E-state index contributed by atoms with van der Waals surface area (Å²) in [6.07, 6.45) is 3.43. The minimum Gasteiger partial charge on any atom is -0.453 e. The molecule has 0 saturated heterocycles. The second-order valence-corrected chi connectivity index (χ2v) is 5.41. The molecule has 1 heterocycles. The van der Waals surface area contributed by atoms with E-state index in [1.165, 1.54) is 7.11 Å². The summed E-state index contributed by atoms with van der Waals surface area (Å²) in [7, 11) is 1.34. The van der Waals surface area contributed by atoms with Crippen molar-refractivity contribution >= 4 is 17.5 Å². The van der Waals surface area contributed by atoms with Gasteiger partial charge in [-0.1, -0.05) is 6.07 Å². The fourth-order valence-electron chi connectivity index (χ4n) is 2.05. The standard InChI is InChI=1S/C16H22N4O2/c1-11(2)20-10-13(9-17-20)12(3)18-14-6-5-7-15(8-14)19-16(21)22-4/h5-12,18H,1-4H3,(H,19,21)/t12-/m1/s1. The Balaban J connectivity index is 2.05. The highest BCUT2D eigenvalue weighted by Gasteiger charge is 2.10. The number of benzene rings is 1. The fraction of sp³-hybridized carbons (Fsp3) is 0.375. The van der Waals surface area contributed by atoms with Gasteiger partial charge in [-0.25, -0.2) is 4.79 Å². The second-order valence-electron chi connectivity index (χ2n) is 5.41. The lowest BCUT2D eigenvalue weighted by atomic mass is 10.1. The molecule has 1 aromatic heterocycles. The maximum atomic E-state index is 11.2. The Morgan fingerprint density at radius 3 is 2.64 bits per heavy atom. The lowest BCUT2D eigenvalue weighted by Gasteiger charge is -2.15. The molecule has 1 amide bonds. The number of rotatable bonds is 5. The van der Waals surface area contributed by atoms with Gasteiger partial charge in [0.25, 0.3) is 0 Å². The maximum Gasteiger partial charge on any atom is 0.411 e. The molecule has 0 radical (unpaired) electrons. The Hall–Kier alpha value is -2.50. The highest BCUT2D eigenvalue weighted by molar-refractivity contribution is 5.85. The SMILES string of the molecule is COC(=O)Nc1cccc(N[C@H](C)c2cnn(C(C)C)c2)c1. The molecule has 6 nitrogen and oxygen atoms in total. The number of anilines is 2. The van der Waals surface area contributed by atoms with Crippen LogP contribution in [0.2, 0.25) is 0 Å². The van der Waals surface area contributed by atoms with Crippen molar-refractivity contribution in [1.82, 2.24) is 9.78 Å². The van der Waals surface area contributed by atoms with Crippen molar-refractivity contribution in [2.24, 2.45) is 0 Å². The summed E-state index contributed by atoms with van der Waals surface area (Å²) >= 11 is 0. The zero-order chi connectivity index (χ0) is 16.1. The van der Waals surface area contributed by atoms with E-state index in [0.717, 1.165) is 11.3 Å². The maximum absolute atomic E-state index is 11.2. The monoisotopic (exact) mass is 302 g/mol. The van der Waals surface area contributed by atoms with Gasteiger partial charge in [-0.15, -0.1) is 0 Å². The average molecular weight is 302 g/mol. The third kappa shape index (κ3) is 4.00. The van der Waals surface area contributed by atoms with E-state index in [0.29, 0.717) is 11.7 Å². The first kappa shape index (κ1) is 15.9. The van der Waals surface area contributed by atoms with Crippen LogP contribution in [-0.4, -0.2) is 23.0 Å². The van der Waals surface area contributed by atoms with Crippen molar-refractivity contribution in [1.29, 1.82) is 0 Å². The van der Waals surface area contributed by atoms with Crippen LogP contribution in [0.15, 0.2) is 36.7 Å². The molecule has 0 unspecified atom stereocenters. The molecule has 0 fully saturated rings. The third-order valence-electron chi connectivity index (χ3n) is 3.33. The molecule has 6 heteroatoms. The number of nitrogens with one attached hydrogen (secondary N) is 2. The minimum absolute atomic E-state index is 0.112. The molecule has 22 heavy (non-hydrogen) atoms. The van der Waals surface area contributed by atoms with Crippen molar-refractivity contribution in [2.45, 2.75) is 32.9 Å². The van der Waals surface area contributed by atoms with E-state index in [1.807, 2.05) is 41.3 Å². The zero-order valence-corrected chi connectivity index (χ0v) is 13.3. The van der Waals surface area contributed by atoms with E-state index >= 15 is 0 Å². The number of amides is 1. The van der Waals surface area contributed by atoms with Crippen molar-refractivity contribution < 1.29 is 9.53 Å². The van der Waals surface area contributed by atoms with Crippen LogP contribution in [0.1, 0.15) is 38.4 Å². The van der Waals surface area contributed by atoms with Crippen LogP contribution in [0.4, 0.5) is 16.2 Å². The van der Waals surface area contributed by atoms with Gasteiger partial charge in [-0.3, -0.25) is 10.00 Å². The molecular formula is C16H22N4O2. The van der Waals surface area contributed by atoms with Crippen LogP contribution in [0.5, 0.6) is 0 Å². The molecule has 2 N–H and O–H groups in total. The van der Waals surface area contributed by atoms with Crippen LogP contribution in [0.25, 0.3) is 0 Å². The Morgan fingerprint density at radius 1 is 1.27 bits per heavy atom. The molecule has 0 aliphatic carbocycles. The third-order valence-corrected chi connectivity index (χ3v) is 3.33. The minimum atomic E-state index is -0.483. The van der Waals surface area contributed by atoms with Gasteiger partial charge in [0.15, 0.2) is 0 Å². The molecule has 0 aliphatic heterocycles. The number of carbonyl (C=O) groups is 1. The van der Waals surface area contributed by atoms with Gasteiger partial charge in [-0.05, 0) is 39.0 Å². The first-order chi connectivity index (χ1) is 10.5. The van der Waals surface area contributed by atoms with Gasteiger partial charge >= 0.3 is 6.09 Å². The number of carbonyl (C=O) groups excluding carboxylic acids is 1. The largest absolute Gasteiger partial charge is 0.453 e. The molecule has 0 bridgehead atoms. The smallest absolute Gasteiger partial charge is 0.411 e. The number of hydrogen-bond acceptors (Lipinski definition) is 4. The lowest BCUT2D eigenvalue weighted by molar-refractivity contribution is 0.187. The Labute approximate surface area is 130 Å². The highest BCUT2D eigenvalue weighted by atomic mass is 16.5. The van der Waals surface area contributed by atoms with Crippen molar-refractivity contribution in [2.75, 3.05) is 17.7 Å². The Kier molecular flexibility index (Phi) is 5.04. The van der Waals surface area contributed by atoms with Gasteiger partial charge < -0.3 is 10.1 Å². The van der Waals surface area contributed by atoms with Crippen LogP contribution in [-0.2, 0) is 4.74 Å². The highest BCUT2D eigenvalue weighted by Crippen LogP contribution is 2.22. The summed E-state index contributed by atoms with van der Waals surface area (Å²) in [5.74, 6) is 0. The van der Waals surface area contributed by atoms with E-state index in [1.54, 1.807) is 0 Å². The molecule has 0 spiro atoms. The molecular weight excluding hydrogens is 280 g/mol. The fourth-order valence-corrected chi connectivity index (χ4v) is 2.05. The summed E-state index contributed by atoms with van der Waals surface area (Å²) in [4.78, 5) is 11.2. The summed E-state index contributed by atoms with van der Waals surface area (Å²) < 4.78 is 6.52. The average Bonchev–Trinajstić information content (AvgIpc) is 2.97. The Morgan fingerprint density at radius 2 is 2.00 bits per heavy atom. The summed E-state index contributed by atoms with van der Waals surface area (Å²) in [6, 6.07) is 7.95. The Bertz CT molecular complexity index is 637. The van der Waals surface area contributed by atoms with E-state index in [-0.39, 0.29) is 6.04 Å². The van der Waals surface area contributed by atoms with Crippen molar-refractivity contribution in [3.63, 3.8) is 0 Å².